The van der Waals surface area contributed by atoms with Crippen LogP contribution in [0, 0.1) is 0 Å². The fourth-order valence-electron chi connectivity index (χ4n) is 3.33. The van der Waals surface area contributed by atoms with Crippen molar-refractivity contribution in [3.05, 3.63) is 107 Å². The van der Waals surface area contributed by atoms with E-state index in [1.54, 1.807) is 0 Å². The molecule has 1 nitrogen and oxygen atoms in total. The first-order chi connectivity index (χ1) is 11.7. The van der Waals surface area contributed by atoms with E-state index in [-0.39, 0.29) is 5.54 Å². The van der Waals surface area contributed by atoms with E-state index in [9.17, 15) is 0 Å². The molecule has 0 fully saturated rings. The minimum Gasteiger partial charge on any atom is -0.372 e. The number of halogens is 1. The molecule has 2 heteroatoms. The van der Waals surface area contributed by atoms with Crippen molar-refractivity contribution in [2.45, 2.75) is 12.5 Å². The Bertz CT molecular complexity index is 900. The lowest BCUT2D eigenvalue weighted by atomic mass is 9.82. The van der Waals surface area contributed by atoms with Gasteiger partial charge < -0.3 is 5.32 Å². The predicted molar refractivity (Wildman–Crippen MR) is 102 cm³/mol. The highest BCUT2D eigenvalue weighted by atomic mass is 35.5. The lowest BCUT2D eigenvalue weighted by Crippen LogP contribution is -2.33. The van der Waals surface area contributed by atoms with Gasteiger partial charge >= 0.3 is 0 Å². The van der Waals surface area contributed by atoms with Crippen molar-refractivity contribution >= 4 is 22.9 Å². The molecule has 118 valence electrons. The third-order valence-corrected chi connectivity index (χ3v) is 4.79. The zero-order valence-electron chi connectivity index (χ0n) is 13.5. The average Bonchev–Trinajstić information content (AvgIpc) is 2.63. The average molecular weight is 332 g/mol. The monoisotopic (exact) mass is 331 g/mol. The Morgan fingerprint density at radius 2 is 1.50 bits per heavy atom. The summed E-state index contributed by atoms with van der Waals surface area (Å²) < 4.78 is 0. The SMILES string of the molecule is CC1(c2ccccc2)C=C(c2ccccc2)c2cc(Cl)ccc2N1. The van der Waals surface area contributed by atoms with Gasteiger partial charge in [-0.1, -0.05) is 72.3 Å². The van der Waals surface area contributed by atoms with Crippen molar-refractivity contribution in [2.75, 3.05) is 5.32 Å². The number of hydrogen-bond donors (Lipinski definition) is 1. The number of hydrogen-bond acceptors (Lipinski definition) is 1. The summed E-state index contributed by atoms with van der Waals surface area (Å²) in [4.78, 5) is 0. The van der Waals surface area contributed by atoms with Crippen LogP contribution in [0.3, 0.4) is 0 Å². The van der Waals surface area contributed by atoms with Gasteiger partial charge in [0.1, 0.15) is 0 Å². The van der Waals surface area contributed by atoms with Gasteiger partial charge in [0, 0.05) is 16.3 Å². The van der Waals surface area contributed by atoms with Gasteiger partial charge in [0.25, 0.3) is 0 Å². The molecule has 4 rings (SSSR count). The molecular weight excluding hydrogens is 314 g/mol. The fourth-order valence-corrected chi connectivity index (χ4v) is 3.50. The Kier molecular flexibility index (Phi) is 3.66. The molecule has 1 atom stereocenters. The second kappa shape index (κ2) is 5.85. The Morgan fingerprint density at radius 1 is 0.833 bits per heavy atom. The summed E-state index contributed by atoms with van der Waals surface area (Å²) in [6, 6.07) is 27.0. The summed E-state index contributed by atoms with van der Waals surface area (Å²) >= 11 is 6.26. The van der Waals surface area contributed by atoms with Gasteiger partial charge in [-0.25, -0.2) is 0 Å². The van der Waals surface area contributed by atoms with Crippen molar-refractivity contribution in [3.8, 4) is 0 Å². The summed E-state index contributed by atoms with van der Waals surface area (Å²) in [7, 11) is 0. The summed E-state index contributed by atoms with van der Waals surface area (Å²) in [5, 5.41) is 4.43. The van der Waals surface area contributed by atoms with Gasteiger partial charge in [0.15, 0.2) is 0 Å². The van der Waals surface area contributed by atoms with Gasteiger partial charge in [-0.05, 0) is 47.9 Å². The van der Waals surface area contributed by atoms with E-state index in [0.717, 1.165) is 16.3 Å². The highest BCUT2D eigenvalue weighted by Gasteiger charge is 2.30. The molecule has 1 aliphatic rings. The summed E-state index contributed by atoms with van der Waals surface area (Å²) in [5.41, 5.74) is 5.61. The molecule has 0 spiro atoms. The molecule has 3 aromatic carbocycles. The summed E-state index contributed by atoms with van der Waals surface area (Å²) in [6.45, 7) is 2.21. The second-order valence-corrected chi connectivity index (χ2v) is 6.74. The molecule has 3 aromatic rings. The van der Waals surface area contributed by atoms with Crippen LogP contribution in [0.15, 0.2) is 84.9 Å². The van der Waals surface area contributed by atoms with Crippen molar-refractivity contribution < 1.29 is 0 Å². The van der Waals surface area contributed by atoms with Gasteiger partial charge in [0.2, 0.25) is 0 Å². The normalized spacial score (nSPS) is 19.2. The molecule has 1 aliphatic heterocycles. The molecule has 1 unspecified atom stereocenters. The Balaban J connectivity index is 1.94. The van der Waals surface area contributed by atoms with Gasteiger partial charge in [-0.3, -0.25) is 0 Å². The van der Waals surface area contributed by atoms with Crippen molar-refractivity contribution in [3.63, 3.8) is 0 Å². The maximum atomic E-state index is 6.26. The Labute approximate surface area is 147 Å². The first-order valence-corrected chi connectivity index (χ1v) is 8.45. The third kappa shape index (κ3) is 2.61. The number of nitrogens with one attached hydrogen (secondary N) is 1. The van der Waals surface area contributed by atoms with Crippen LogP contribution < -0.4 is 5.32 Å². The number of fused-ring (bicyclic) bond motifs is 1. The maximum Gasteiger partial charge on any atom is 0.0790 e. The second-order valence-electron chi connectivity index (χ2n) is 6.31. The van der Waals surface area contributed by atoms with Crippen LogP contribution in [0.25, 0.3) is 5.57 Å². The summed E-state index contributed by atoms with van der Waals surface area (Å²) in [5.74, 6) is 0. The molecular formula is C22H18ClN. The quantitative estimate of drug-likeness (QED) is 0.597. The number of rotatable bonds is 2. The topological polar surface area (TPSA) is 12.0 Å². The molecule has 0 radical (unpaired) electrons. The van der Waals surface area contributed by atoms with Gasteiger partial charge in [-0.15, -0.1) is 0 Å². The number of benzene rings is 3. The highest BCUT2D eigenvalue weighted by Crippen LogP contribution is 2.42. The first kappa shape index (κ1) is 15.0. The standard InChI is InChI=1S/C22H18ClN/c1-22(17-10-6-3-7-11-17)15-20(16-8-4-2-5-9-16)19-14-18(23)12-13-21(19)24-22/h2-15,24H,1H3. The molecule has 1 heterocycles. The minimum atomic E-state index is -0.271. The zero-order chi connectivity index (χ0) is 16.6. The van der Waals surface area contributed by atoms with Gasteiger partial charge in [-0.2, -0.15) is 0 Å². The minimum absolute atomic E-state index is 0.271. The number of anilines is 1. The van der Waals surface area contributed by atoms with Crippen molar-refractivity contribution in [2.24, 2.45) is 0 Å². The van der Waals surface area contributed by atoms with Crippen LogP contribution >= 0.6 is 11.6 Å². The first-order valence-electron chi connectivity index (χ1n) is 8.08. The molecule has 0 saturated carbocycles. The lowest BCUT2D eigenvalue weighted by molar-refractivity contribution is 0.685. The fraction of sp³-hybridized carbons (Fsp3) is 0.0909. The smallest absolute Gasteiger partial charge is 0.0790 e. The van der Waals surface area contributed by atoms with E-state index in [4.69, 9.17) is 11.6 Å². The largest absolute Gasteiger partial charge is 0.372 e. The molecule has 0 amide bonds. The molecule has 1 N–H and O–H groups in total. The van der Waals surface area contributed by atoms with Crippen LogP contribution in [0.5, 0.6) is 0 Å². The summed E-state index contributed by atoms with van der Waals surface area (Å²) in [6.07, 6.45) is 2.30. The van der Waals surface area contributed by atoms with E-state index >= 15 is 0 Å². The Hall–Kier alpha value is -2.51. The Morgan fingerprint density at radius 3 is 2.21 bits per heavy atom. The van der Waals surface area contributed by atoms with Crippen LogP contribution in [0.2, 0.25) is 5.02 Å². The van der Waals surface area contributed by atoms with Crippen molar-refractivity contribution in [1.82, 2.24) is 0 Å². The van der Waals surface area contributed by atoms with Crippen LogP contribution in [0.1, 0.15) is 23.6 Å². The predicted octanol–water partition coefficient (Wildman–Crippen LogP) is 6.11. The highest BCUT2D eigenvalue weighted by molar-refractivity contribution is 6.31. The van der Waals surface area contributed by atoms with E-state index in [1.807, 2.05) is 24.3 Å². The van der Waals surface area contributed by atoms with E-state index < -0.39 is 0 Å². The van der Waals surface area contributed by atoms with E-state index in [2.05, 4.69) is 72.9 Å². The van der Waals surface area contributed by atoms with Crippen molar-refractivity contribution in [1.29, 1.82) is 0 Å². The zero-order valence-corrected chi connectivity index (χ0v) is 14.2. The molecule has 0 bridgehead atoms. The van der Waals surface area contributed by atoms with E-state index in [0.29, 0.717) is 0 Å². The van der Waals surface area contributed by atoms with Crippen LogP contribution in [-0.2, 0) is 5.54 Å². The molecule has 0 aromatic heterocycles. The lowest BCUT2D eigenvalue weighted by Gasteiger charge is -2.36. The maximum absolute atomic E-state index is 6.26. The molecule has 0 saturated heterocycles. The van der Waals surface area contributed by atoms with E-state index in [1.165, 1.54) is 16.7 Å². The van der Waals surface area contributed by atoms with Gasteiger partial charge in [0.05, 0.1) is 5.54 Å². The molecule has 0 aliphatic carbocycles. The third-order valence-electron chi connectivity index (χ3n) is 4.56. The van der Waals surface area contributed by atoms with Crippen LogP contribution in [-0.4, -0.2) is 0 Å². The van der Waals surface area contributed by atoms with Crippen LogP contribution in [0.4, 0.5) is 5.69 Å². The molecule has 24 heavy (non-hydrogen) atoms.